The van der Waals surface area contributed by atoms with Crippen LogP contribution in [0.4, 0.5) is 5.69 Å². The molecule has 0 aliphatic carbocycles. The molecule has 0 bridgehead atoms. The number of hydrogen-bond acceptors (Lipinski definition) is 5. The van der Waals surface area contributed by atoms with E-state index >= 15 is 0 Å². The van der Waals surface area contributed by atoms with Crippen molar-refractivity contribution < 1.29 is 14.3 Å². The van der Waals surface area contributed by atoms with Crippen molar-refractivity contribution in [3.05, 3.63) is 57.4 Å². The number of amides is 1. The highest BCUT2D eigenvalue weighted by Gasteiger charge is 2.33. The fraction of sp³-hybridized carbons (Fsp3) is 0.0588. The second-order valence-corrected chi connectivity index (χ2v) is 7.70. The molecule has 0 saturated carbocycles. The maximum absolute atomic E-state index is 12.7. The van der Waals surface area contributed by atoms with Crippen LogP contribution in [0.25, 0.3) is 6.08 Å². The lowest BCUT2D eigenvalue weighted by atomic mass is 10.2. The molecule has 0 N–H and O–H groups in total. The van der Waals surface area contributed by atoms with Crippen molar-refractivity contribution in [2.24, 2.45) is 0 Å². The van der Waals surface area contributed by atoms with Gasteiger partial charge in [0.2, 0.25) is 6.79 Å². The SMILES string of the molecule is O=C1/C(=C\c2ccc3c(c2)OCO3)SC(=S)N1c1ccc(Br)cc1. The molecule has 1 amide bonds. The smallest absolute Gasteiger partial charge is 0.270 e. The minimum Gasteiger partial charge on any atom is -0.454 e. The minimum absolute atomic E-state index is 0.120. The molecule has 0 atom stereocenters. The van der Waals surface area contributed by atoms with Crippen LogP contribution in [0.3, 0.4) is 0 Å². The topological polar surface area (TPSA) is 38.8 Å². The van der Waals surface area contributed by atoms with E-state index in [0.717, 1.165) is 21.5 Å². The summed E-state index contributed by atoms with van der Waals surface area (Å²) in [6, 6.07) is 13.1. The van der Waals surface area contributed by atoms with Crippen LogP contribution in [-0.4, -0.2) is 17.0 Å². The molecule has 4 rings (SSSR count). The van der Waals surface area contributed by atoms with Crippen LogP contribution >= 0.6 is 39.9 Å². The predicted octanol–water partition coefficient (Wildman–Crippen LogP) is 4.58. The Morgan fingerprint density at radius 1 is 1.12 bits per heavy atom. The van der Waals surface area contributed by atoms with E-state index in [1.54, 1.807) is 4.90 Å². The summed E-state index contributed by atoms with van der Waals surface area (Å²) in [4.78, 5) is 14.9. The monoisotopic (exact) mass is 419 g/mol. The number of rotatable bonds is 2. The van der Waals surface area contributed by atoms with Gasteiger partial charge in [-0.15, -0.1) is 0 Å². The highest BCUT2D eigenvalue weighted by molar-refractivity contribution is 9.10. The number of halogens is 1. The van der Waals surface area contributed by atoms with Crippen LogP contribution < -0.4 is 14.4 Å². The van der Waals surface area contributed by atoms with E-state index in [4.69, 9.17) is 21.7 Å². The van der Waals surface area contributed by atoms with E-state index in [0.29, 0.717) is 15.0 Å². The Labute approximate surface area is 156 Å². The van der Waals surface area contributed by atoms with Crippen LogP contribution in [0, 0.1) is 0 Å². The summed E-state index contributed by atoms with van der Waals surface area (Å²) >= 11 is 10.1. The zero-order valence-electron chi connectivity index (χ0n) is 12.2. The molecule has 0 spiro atoms. The van der Waals surface area contributed by atoms with Gasteiger partial charge in [-0.05, 0) is 48.0 Å². The summed E-state index contributed by atoms with van der Waals surface area (Å²) in [7, 11) is 0. The van der Waals surface area contributed by atoms with E-state index in [-0.39, 0.29) is 12.7 Å². The van der Waals surface area contributed by atoms with E-state index in [1.165, 1.54) is 11.8 Å². The second-order valence-electron chi connectivity index (χ2n) is 5.11. The standard InChI is InChI=1S/C17H10BrNO3S2/c18-11-2-4-12(5-3-11)19-16(20)15(24-17(19)23)8-10-1-6-13-14(7-10)22-9-21-13/h1-8H,9H2/b15-8+. The summed E-state index contributed by atoms with van der Waals surface area (Å²) in [6.07, 6.45) is 1.82. The summed E-state index contributed by atoms with van der Waals surface area (Å²) in [5.41, 5.74) is 1.63. The number of thioether (sulfide) groups is 1. The Bertz CT molecular complexity index is 880. The number of benzene rings is 2. The molecule has 1 fully saturated rings. The summed E-state index contributed by atoms with van der Waals surface area (Å²) in [5.74, 6) is 1.28. The molecule has 2 aliphatic rings. The van der Waals surface area contributed by atoms with Gasteiger partial charge in [-0.2, -0.15) is 0 Å². The number of carbonyl (C=O) groups excluding carboxylic acids is 1. The number of hydrogen-bond donors (Lipinski definition) is 0. The van der Waals surface area contributed by atoms with E-state index < -0.39 is 0 Å². The van der Waals surface area contributed by atoms with Gasteiger partial charge in [0.1, 0.15) is 0 Å². The Morgan fingerprint density at radius 2 is 1.88 bits per heavy atom. The lowest BCUT2D eigenvalue weighted by Gasteiger charge is -2.14. The Morgan fingerprint density at radius 3 is 2.67 bits per heavy atom. The fourth-order valence-corrected chi connectivity index (χ4v) is 4.00. The quantitative estimate of drug-likeness (QED) is 0.525. The van der Waals surface area contributed by atoms with Crippen LogP contribution in [0.2, 0.25) is 0 Å². The normalized spacial score (nSPS) is 17.9. The van der Waals surface area contributed by atoms with Gasteiger partial charge in [-0.1, -0.05) is 46.0 Å². The molecule has 2 aromatic rings. The van der Waals surface area contributed by atoms with Gasteiger partial charge in [0.25, 0.3) is 5.91 Å². The molecule has 2 aromatic carbocycles. The highest BCUT2D eigenvalue weighted by Crippen LogP contribution is 2.38. The summed E-state index contributed by atoms with van der Waals surface area (Å²) < 4.78 is 12.1. The highest BCUT2D eigenvalue weighted by atomic mass is 79.9. The molecule has 7 heteroatoms. The molecule has 1 saturated heterocycles. The van der Waals surface area contributed by atoms with Gasteiger partial charge in [-0.3, -0.25) is 9.69 Å². The van der Waals surface area contributed by atoms with Crippen molar-refractivity contribution >= 4 is 61.9 Å². The lowest BCUT2D eigenvalue weighted by Crippen LogP contribution is -2.27. The molecular weight excluding hydrogens is 410 g/mol. The zero-order chi connectivity index (χ0) is 16.7. The van der Waals surface area contributed by atoms with Crippen molar-refractivity contribution in [3.63, 3.8) is 0 Å². The largest absolute Gasteiger partial charge is 0.454 e. The number of thiocarbonyl (C=S) groups is 1. The minimum atomic E-state index is -0.120. The first kappa shape index (κ1) is 15.7. The molecule has 0 radical (unpaired) electrons. The third-order valence-corrected chi connectivity index (χ3v) is 5.40. The molecule has 0 unspecified atom stereocenters. The average Bonchev–Trinajstić information content (AvgIpc) is 3.13. The van der Waals surface area contributed by atoms with Gasteiger partial charge < -0.3 is 9.47 Å². The second kappa shape index (κ2) is 6.23. The average molecular weight is 420 g/mol. The maximum atomic E-state index is 12.7. The van der Waals surface area contributed by atoms with E-state index in [1.807, 2.05) is 48.5 Å². The van der Waals surface area contributed by atoms with Gasteiger partial charge in [0, 0.05) is 4.47 Å². The summed E-state index contributed by atoms with van der Waals surface area (Å²) in [5, 5.41) is 0. The Kier molecular flexibility index (Phi) is 4.07. The zero-order valence-corrected chi connectivity index (χ0v) is 15.4. The Balaban J connectivity index is 1.64. The van der Waals surface area contributed by atoms with Crippen molar-refractivity contribution in [3.8, 4) is 11.5 Å². The molecule has 0 aromatic heterocycles. The molecule has 2 aliphatic heterocycles. The van der Waals surface area contributed by atoms with Crippen LogP contribution in [0.15, 0.2) is 51.8 Å². The van der Waals surface area contributed by atoms with Crippen LogP contribution in [0.5, 0.6) is 11.5 Å². The number of nitrogens with zero attached hydrogens (tertiary/aromatic N) is 1. The van der Waals surface area contributed by atoms with Crippen LogP contribution in [-0.2, 0) is 4.79 Å². The van der Waals surface area contributed by atoms with E-state index in [2.05, 4.69) is 15.9 Å². The number of fused-ring (bicyclic) bond motifs is 1. The van der Waals surface area contributed by atoms with Crippen LogP contribution in [0.1, 0.15) is 5.56 Å². The van der Waals surface area contributed by atoms with Gasteiger partial charge in [0.05, 0.1) is 10.6 Å². The first-order valence-corrected chi connectivity index (χ1v) is 9.07. The molecular formula is C17H10BrNO3S2. The third-order valence-electron chi connectivity index (χ3n) is 3.57. The van der Waals surface area contributed by atoms with Crippen molar-refractivity contribution in [2.75, 3.05) is 11.7 Å². The Hall–Kier alpha value is -1.83. The van der Waals surface area contributed by atoms with Crippen molar-refractivity contribution in [1.82, 2.24) is 0 Å². The van der Waals surface area contributed by atoms with Gasteiger partial charge in [-0.25, -0.2) is 0 Å². The first-order valence-electron chi connectivity index (χ1n) is 7.05. The number of ether oxygens (including phenoxy) is 2. The van der Waals surface area contributed by atoms with Crippen molar-refractivity contribution in [2.45, 2.75) is 0 Å². The molecule has 24 heavy (non-hydrogen) atoms. The summed E-state index contributed by atoms with van der Waals surface area (Å²) in [6.45, 7) is 0.227. The van der Waals surface area contributed by atoms with Crippen molar-refractivity contribution in [1.29, 1.82) is 0 Å². The molecule has 120 valence electrons. The number of carbonyl (C=O) groups is 1. The maximum Gasteiger partial charge on any atom is 0.270 e. The number of anilines is 1. The lowest BCUT2D eigenvalue weighted by molar-refractivity contribution is -0.113. The fourth-order valence-electron chi connectivity index (χ4n) is 2.43. The first-order chi connectivity index (χ1) is 11.6. The van der Waals surface area contributed by atoms with E-state index in [9.17, 15) is 4.79 Å². The third kappa shape index (κ3) is 2.83. The molecule has 4 nitrogen and oxygen atoms in total. The van der Waals surface area contributed by atoms with Gasteiger partial charge >= 0.3 is 0 Å². The predicted molar refractivity (Wildman–Crippen MR) is 102 cm³/mol. The molecule has 2 heterocycles. The van der Waals surface area contributed by atoms with Gasteiger partial charge in [0.15, 0.2) is 15.8 Å².